The Morgan fingerprint density at radius 1 is 1.18 bits per heavy atom. The van der Waals surface area contributed by atoms with E-state index in [0.29, 0.717) is 5.54 Å². The molecule has 11 heavy (non-hydrogen) atoms. The first-order chi connectivity index (χ1) is 5.26. The number of hydrogen-bond donors (Lipinski definition) is 0. The van der Waals surface area contributed by atoms with Crippen LogP contribution >= 0.6 is 0 Å². The number of likely N-dealkylation sites (tertiary alicyclic amines) is 1. The Bertz CT molecular complexity index is 137. The zero-order valence-electron chi connectivity index (χ0n) is 7.77. The molecular weight excluding hydrogens is 134 g/mol. The van der Waals surface area contributed by atoms with E-state index in [9.17, 15) is 0 Å². The minimum atomic E-state index is 0.651. The molecule has 0 aromatic heterocycles. The maximum Gasteiger partial charge on any atom is 0.0244 e. The summed E-state index contributed by atoms with van der Waals surface area (Å²) in [5.74, 6) is 0.966. The Balaban J connectivity index is 2.06. The first-order valence-electron chi connectivity index (χ1n) is 4.97. The van der Waals surface area contributed by atoms with Gasteiger partial charge in [0.15, 0.2) is 0 Å². The van der Waals surface area contributed by atoms with Gasteiger partial charge in [0.25, 0.3) is 0 Å². The molecule has 1 spiro atoms. The first-order valence-corrected chi connectivity index (χ1v) is 4.97. The monoisotopic (exact) mass is 153 g/mol. The average molecular weight is 153 g/mol. The molecule has 2 aliphatic rings. The van der Waals surface area contributed by atoms with Crippen molar-refractivity contribution in [3.05, 3.63) is 0 Å². The molecule has 1 saturated heterocycles. The standard InChI is InChI=1S/C10H19N/c1-9-8-11(2)10(9)6-4-3-5-7-10/h9H,3-8H2,1-2H3/t9-/m1/s1. The van der Waals surface area contributed by atoms with Crippen molar-refractivity contribution in [2.24, 2.45) is 5.92 Å². The van der Waals surface area contributed by atoms with Gasteiger partial charge < -0.3 is 4.90 Å². The van der Waals surface area contributed by atoms with Crippen LogP contribution in [0.3, 0.4) is 0 Å². The summed E-state index contributed by atoms with van der Waals surface area (Å²) in [7, 11) is 2.30. The third kappa shape index (κ3) is 0.936. The van der Waals surface area contributed by atoms with Gasteiger partial charge in [-0.2, -0.15) is 0 Å². The Hall–Kier alpha value is -0.0400. The fraction of sp³-hybridized carbons (Fsp3) is 1.00. The van der Waals surface area contributed by atoms with Gasteiger partial charge in [0, 0.05) is 12.1 Å². The predicted molar refractivity (Wildman–Crippen MR) is 47.6 cm³/mol. The molecule has 64 valence electrons. The quantitative estimate of drug-likeness (QED) is 0.516. The summed E-state index contributed by atoms with van der Waals surface area (Å²) in [5, 5.41) is 0. The van der Waals surface area contributed by atoms with Gasteiger partial charge >= 0.3 is 0 Å². The van der Waals surface area contributed by atoms with Crippen LogP contribution < -0.4 is 0 Å². The van der Waals surface area contributed by atoms with Crippen molar-refractivity contribution in [1.82, 2.24) is 4.90 Å². The van der Waals surface area contributed by atoms with E-state index in [2.05, 4.69) is 18.9 Å². The highest BCUT2D eigenvalue weighted by Gasteiger charge is 2.48. The Kier molecular flexibility index (Phi) is 1.71. The van der Waals surface area contributed by atoms with Gasteiger partial charge in [0.1, 0.15) is 0 Å². The van der Waals surface area contributed by atoms with E-state index in [-0.39, 0.29) is 0 Å². The van der Waals surface area contributed by atoms with Crippen molar-refractivity contribution in [3.63, 3.8) is 0 Å². The highest BCUT2D eigenvalue weighted by molar-refractivity contribution is 5.04. The minimum Gasteiger partial charge on any atom is -0.300 e. The molecule has 1 heteroatoms. The van der Waals surface area contributed by atoms with E-state index in [4.69, 9.17) is 0 Å². The zero-order valence-corrected chi connectivity index (χ0v) is 7.77. The molecule has 1 nitrogen and oxygen atoms in total. The third-order valence-electron chi connectivity index (χ3n) is 3.94. The zero-order chi connectivity index (χ0) is 7.90. The van der Waals surface area contributed by atoms with Gasteiger partial charge in [-0.3, -0.25) is 0 Å². The molecule has 0 N–H and O–H groups in total. The normalized spacial score (nSPS) is 37.1. The predicted octanol–water partition coefficient (Wildman–Crippen LogP) is 2.27. The lowest BCUT2D eigenvalue weighted by atomic mass is 9.66. The summed E-state index contributed by atoms with van der Waals surface area (Å²) in [4.78, 5) is 2.58. The van der Waals surface area contributed by atoms with E-state index in [1.54, 1.807) is 0 Å². The molecule has 1 saturated carbocycles. The molecule has 0 bridgehead atoms. The maximum absolute atomic E-state index is 2.58. The molecule has 0 aromatic carbocycles. The molecule has 0 aromatic rings. The molecule has 1 atom stereocenters. The second kappa shape index (κ2) is 2.48. The Labute approximate surface area is 69.8 Å². The molecule has 1 aliphatic heterocycles. The fourth-order valence-corrected chi connectivity index (χ4v) is 3.06. The SMILES string of the molecule is C[C@@H]1CN(C)C12CCCCC2. The summed E-state index contributed by atoms with van der Waals surface area (Å²) in [6.07, 6.45) is 7.33. The molecule has 0 radical (unpaired) electrons. The molecule has 2 rings (SSSR count). The van der Waals surface area contributed by atoms with Crippen LogP contribution in [-0.2, 0) is 0 Å². The fourth-order valence-electron chi connectivity index (χ4n) is 3.06. The Morgan fingerprint density at radius 2 is 1.82 bits per heavy atom. The molecule has 1 heterocycles. The van der Waals surface area contributed by atoms with Crippen LogP contribution in [0.5, 0.6) is 0 Å². The smallest absolute Gasteiger partial charge is 0.0244 e. The molecule has 0 unspecified atom stereocenters. The van der Waals surface area contributed by atoms with E-state index < -0.39 is 0 Å². The van der Waals surface area contributed by atoms with Crippen molar-refractivity contribution in [2.45, 2.75) is 44.6 Å². The van der Waals surface area contributed by atoms with Crippen molar-refractivity contribution >= 4 is 0 Å². The van der Waals surface area contributed by atoms with Crippen LogP contribution in [0.2, 0.25) is 0 Å². The summed E-state index contributed by atoms with van der Waals surface area (Å²) in [6.45, 7) is 3.76. The molecule has 0 amide bonds. The third-order valence-corrected chi connectivity index (χ3v) is 3.94. The Morgan fingerprint density at radius 3 is 2.18 bits per heavy atom. The van der Waals surface area contributed by atoms with Gasteiger partial charge in [0.2, 0.25) is 0 Å². The maximum atomic E-state index is 2.58. The van der Waals surface area contributed by atoms with Gasteiger partial charge in [-0.1, -0.05) is 26.2 Å². The first kappa shape index (κ1) is 7.60. The van der Waals surface area contributed by atoms with Crippen molar-refractivity contribution < 1.29 is 0 Å². The second-order valence-electron chi connectivity index (χ2n) is 4.45. The number of nitrogens with zero attached hydrogens (tertiary/aromatic N) is 1. The van der Waals surface area contributed by atoms with Gasteiger partial charge in [-0.15, -0.1) is 0 Å². The minimum absolute atomic E-state index is 0.651. The highest BCUT2D eigenvalue weighted by atomic mass is 15.2. The van der Waals surface area contributed by atoms with E-state index in [1.165, 1.54) is 38.6 Å². The van der Waals surface area contributed by atoms with Crippen LogP contribution in [0.25, 0.3) is 0 Å². The molecule has 1 aliphatic carbocycles. The number of rotatable bonds is 0. The van der Waals surface area contributed by atoms with Crippen LogP contribution in [0, 0.1) is 5.92 Å². The molecule has 2 fully saturated rings. The van der Waals surface area contributed by atoms with E-state index in [0.717, 1.165) is 5.92 Å². The summed E-state index contributed by atoms with van der Waals surface area (Å²) in [6, 6.07) is 0. The van der Waals surface area contributed by atoms with E-state index >= 15 is 0 Å². The van der Waals surface area contributed by atoms with Gasteiger partial charge in [0.05, 0.1) is 0 Å². The van der Waals surface area contributed by atoms with Crippen LogP contribution in [0.1, 0.15) is 39.0 Å². The topological polar surface area (TPSA) is 3.24 Å². The molecular formula is C10H19N. The van der Waals surface area contributed by atoms with Crippen molar-refractivity contribution in [3.8, 4) is 0 Å². The lowest BCUT2D eigenvalue weighted by Crippen LogP contribution is -2.65. The summed E-state index contributed by atoms with van der Waals surface area (Å²) >= 11 is 0. The van der Waals surface area contributed by atoms with Gasteiger partial charge in [-0.25, -0.2) is 0 Å². The van der Waals surface area contributed by atoms with Crippen LogP contribution in [-0.4, -0.2) is 24.0 Å². The average Bonchev–Trinajstić information content (AvgIpc) is 2.07. The number of hydrogen-bond acceptors (Lipinski definition) is 1. The highest BCUT2D eigenvalue weighted by Crippen LogP contribution is 2.45. The second-order valence-corrected chi connectivity index (χ2v) is 4.45. The van der Waals surface area contributed by atoms with Crippen molar-refractivity contribution in [2.75, 3.05) is 13.6 Å². The van der Waals surface area contributed by atoms with Gasteiger partial charge in [-0.05, 0) is 25.8 Å². The summed E-state index contributed by atoms with van der Waals surface area (Å²) in [5.41, 5.74) is 0.651. The lowest BCUT2D eigenvalue weighted by molar-refractivity contribution is -0.0776. The van der Waals surface area contributed by atoms with E-state index in [1.807, 2.05) is 0 Å². The summed E-state index contributed by atoms with van der Waals surface area (Å²) < 4.78 is 0. The van der Waals surface area contributed by atoms with Crippen LogP contribution in [0.4, 0.5) is 0 Å². The van der Waals surface area contributed by atoms with Crippen molar-refractivity contribution in [1.29, 1.82) is 0 Å². The van der Waals surface area contributed by atoms with Crippen LogP contribution in [0.15, 0.2) is 0 Å². The largest absolute Gasteiger partial charge is 0.300 e. The lowest BCUT2D eigenvalue weighted by Gasteiger charge is -2.58.